The third kappa shape index (κ3) is 2.97. The first-order valence-electron chi connectivity index (χ1n) is 3.64. The van der Waals surface area contributed by atoms with Gasteiger partial charge < -0.3 is 4.74 Å². The molecule has 0 saturated carbocycles. The van der Waals surface area contributed by atoms with E-state index in [1.807, 2.05) is 12.1 Å². The quantitative estimate of drug-likeness (QED) is 0.781. The molecule has 0 aromatic carbocycles. The van der Waals surface area contributed by atoms with E-state index < -0.39 is 0 Å². The summed E-state index contributed by atoms with van der Waals surface area (Å²) in [4.78, 5) is 11.9. The van der Waals surface area contributed by atoms with Crippen LogP contribution in [0.5, 0.6) is 0 Å². The molecular formula is C9H9BrO2S. The van der Waals surface area contributed by atoms with E-state index in [1.54, 1.807) is 11.3 Å². The Morgan fingerprint density at radius 1 is 1.69 bits per heavy atom. The largest absolute Gasteiger partial charge is 0.469 e. The Morgan fingerprint density at radius 2 is 2.38 bits per heavy atom. The second-order valence-electron chi connectivity index (χ2n) is 2.46. The number of hydrogen-bond acceptors (Lipinski definition) is 3. The summed E-state index contributed by atoms with van der Waals surface area (Å²) in [6.07, 6.45) is 0.253. The number of halogens is 1. The first kappa shape index (κ1) is 10.5. The number of esters is 1. The SMILES string of the molecule is C=C(CC(=O)OC)c1ccc(Br)s1. The predicted molar refractivity (Wildman–Crippen MR) is 57.7 cm³/mol. The highest BCUT2D eigenvalue weighted by Gasteiger charge is 2.07. The lowest BCUT2D eigenvalue weighted by Crippen LogP contribution is -1.99. The number of carbonyl (C=O) groups is 1. The summed E-state index contributed by atoms with van der Waals surface area (Å²) < 4.78 is 5.58. The summed E-state index contributed by atoms with van der Waals surface area (Å²) >= 11 is 4.90. The van der Waals surface area contributed by atoms with E-state index in [-0.39, 0.29) is 12.4 Å². The lowest BCUT2D eigenvalue weighted by molar-refractivity contribution is -0.139. The Bertz CT molecular complexity index is 330. The van der Waals surface area contributed by atoms with Gasteiger partial charge in [-0.2, -0.15) is 0 Å². The van der Waals surface area contributed by atoms with E-state index in [0.717, 1.165) is 14.2 Å². The van der Waals surface area contributed by atoms with Crippen molar-refractivity contribution in [2.45, 2.75) is 6.42 Å². The van der Waals surface area contributed by atoms with Crippen molar-refractivity contribution < 1.29 is 9.53 Å². The zero-order valence-electron chi connectivity index (χ0n) is 7.17. The molecule has 0 aliphatic heterocycles. The highest BCUT2D eigenvalue weighted by atomic mass is 79.9. The maximum atomic E-state index is 10.9. The zero-order chi connectivity index (χ0) is 9.84. The van der Waals surface area contributed by atoms with Crippen molar-refractivity contribution in [3.63, 3.8) is 0 Å². The molecule has 1 aromatic heterocycles. The van der Waals surface area contributed by atoms with Crippen LogP contribution >= 0.6 is 27.3 Å². The van der Waals surface area contributed by atoms with Crippen molar-refractivity contribution in [2.24, 2.45) is 0 Å². The van der Waals surface area contributed by atoms with Gasteiger partial charge in [-0.1, -0.05) is 6.58 Å². The maximum absolute atomic E-state index is 10.9. The molecule has 13 heavy (non-hydrogen) atoms. The molecule has 4 heteroatoms. The molecule has 2 nitrogen and oxygen atoms in total. The normalized spacial score (nSPS) is 9.69. The number of carbonyl (C=O) groups excluding carboxylic acids is 1. The third-order valence-electron chi connectivity index (χ3n) is 1.51. The van der Waals surface area contributed by atoms with Crippen LogP contribution in [-0.4, -0.2) is 13.1 Å². The van der Waals surface area contributed by atoms with Gasteiger partial charge in [-0.05, 0) is 33.6 Å². The Kier molecular flexibility index (Phi) is 3.69. The molecule has 1 aromatic rings. The topological polar surface area (TPSA) is 26.3 Å². The minimum Gasteiger partial charge on any atom is -0.469 e. The molecule has 0 aliphatic carbocycles. The third-order valence-corrected chi connectivity index (χ3v) is 3.23. The molecule has 0 amide bonds. The summed E-state index contributed by atoms with van der Waals surface area (Å²) in [5.74, 6) is -0.255. The van der Waals surface area contributed by atoms with Gasteiger partial charge in [0, 0.05) is 4.88 Å². The van der Waals surface area contributed by atoms with Crippen molar-refractivity contribution >= 4 is 38.8 Å². The lowest BCUT2D eigenvalue weighted by atomic mass is 10.2. The van der Waals surface area contributed by atoms with Gasteiger partial charge in [-0.3, -0.25) is 4.79 Å². The van der Waals surface area contributed by atoms with Crippen LogP contribution in [0.4, 0.5) is 0 Å². The Balaban J connectivity index is 2.64. The van der Waals surface area contributed by atoms with Crippen LogP contribution in [0.3, 0.4) is 0 Å². The predicted octanol–water partition coefficient (Wildman–Crippen LogP) is 3.09. The van der Waals surface area contributed by atoms with Crippen molar-refractivity contribution in [1.29, 1.82) is 0 Å². The van der Waals surface area contributed by atoms with Crippen molar-refractivity contribution in [3.05, 3.63) is 27.4 Å². The van der Waals surface area contributed by atoms with E-state index in [4.69, 9.17) is 0 Å². The molecule has 0 fully saturated rings. The summed E-state index contributed by atoms with van der Waals surface area (Å²) in [7, 11) is 1.37. The zero-order valence-corrected chi connectivity index (χ0v) is 9.57. The Morgan fingerprint density at radius 3 is 2.85 bits per heavy atom. The van der Waals surface area contributed by atoms with Crippen LogP contribution in [0.1, 0.15) is 11.3 Å². The number of hydrogen-bond donors (Lipinski definition) is 0. The van der Waals surface area contributed by atoms with E-state index in [9.17, 15) is 4.79 Å². The van der Waals surface area contributed by atoms with Crippen LogP contribution in [0.25, 0.3) is 5.57 Å². The van der Waals surface area contributed by atoms with Crippen LogP contribution in [0.15, 0.2) is 22.5 Å². The fourth-order valence-electron chi connectivity index (χ4n) is 0.838. The van der Waals surface area contributed by atoms with E-state index in [1.165, 1.54) is 7.11 Å². The van der Waals surface area contributed by atoms with Crippen LogP contribution in [-0.2, 0) is 9.53 Å². The molecule has 1 heterocycles. The number of methoxy groups -OCH3 is 1. The van der Waals surface area contributed by atoms with Crippen molar-refractivity contribution in [3.8, 4) is 0 Å². The molecule has 0 unspecified atom stereocenters. The Hall–Kier alpha value is -0.610. The number of thiophene rings is 1. The summed E-state index contributed by atoms with van der Waals surface area (Å²) in [5.41, 5.74) is 0.794. The average Bonchev–Trinajstić information content (AvgIpc) is 2.51. The van der Waals surface area contributed by atoms with Gasteiger partial charge in [0.25, 0.3) is 0 Å². The molecule has 0 saturated heterocycles. The highest BCUT2D eigenvalue weighted by Crippen LogP contribution is 2.28. The van der Waals surface area contributed by atoms with Gasteiger partial charge in [0.05, 0.1) is 17.3 Å². The smallest absolute Gasteiger partial charge is 0.310 e. The summed E-state index contributed by atoms with van der Waals surface area (Å²) in [6, 6.07) is 3.86. The van der Waals surface area contributed by atoms with Crippen LogP contribution in [0.2, 0.25) is 0 Å². The monoisotopic (exact) mass is 260 g/mol. The molecular weight excluding hydrogens is 252 g/mol. The highest BCUT2D eigenvalue weighted by molar-refractivity contribution is 9.11. The van der Waals surface area contributed by atoms with Crippen molar-refractivity contribution in [1.82, 2.24) is 0 Å². The van der Waals surface area contributed by atoms with Gasteiger partial charge in [0.1, 0.15) is 0 Å². The fourth-order valence-corrected chi connectivity index (χ4v) is 2.19. The second-order valence-corrected chi connectivity index (χ2v) is 4.92. The first-order chi connectivity index (χ1) is 6.13. The number of ether oxygens (including phenoxy) is 1. The average molecular weight is 261 g/mol. The van der Waals surface area contributed by atoms with E-state index >= 15 is 0 Å². The molecule has 0 spiro atoms. The van der Waals surface area contributed by atoms with Gasteiger partial charge in [-0.15, -0.1) is 11.3 Å². The molecule has 70 valence electrons. The maximum Gasteiger partial charge on any atom is 0.310 e. The van der Waals surface area contributed by atoms with Gasteiger partial charge in [-0.25, -0.2) is 0 Å². The molecule has 0 radical (unpaired) electrons. The van der Waals surface area contributed by atoms with Crippen LogP contribution in [0, 0.1) is 0 Å². The van der Waals surface area contributed by atoms with Gasteiger partial charge >= 0.3 is 5.97 Å². The van der Waals surface area contributed by atoms with Gasteiger partial charge in [0.15, 0.2) is 0 Å². The lowest BCUT2D eigenvalue weighted by Gasteiger charge is -2.00. The minimum atomic E-state index is -0.255. The van der Waals surface area contributed by atoms with Gasteiger partial charge in [0.2, 0.25) is 0 Å². The molecule has 0 atom stereocenters. The standard InChI is InChI=1S/C9H9BrO2S/c1-6(5-9(11)12-2)7-3-4-8(10)13-7/h3-4H,1,5H2,2H3. The van der Waals surface area contributed by atoms with Crippen LogP contribution < -0.4 is 0 Å². The Labute approximate surface area is 89.3 Å². The fraction of sp³-hybridized carbons (Fsp3) is 0.222. The molecule has 0 N–H and O–H groups in total. The minimum absolute atomic E-state index is 0.253. The summed E-state index contributed by atoms with van der Waals surface area (Å²) in [6.45, 7) is 3.81. The molecule has 0 bridgehead atoms. The van der Waals surface area contributed by atoms with E-state index in [0.29, 0.717) is 0 Å². The number of rotatable bonds is 3. The summed E-state index contributed by atoms with van der Waals surface area (Å²) in [5, 5.41) is 0. The van der Waals surface area contributed by atoms with E-state index in [2.05, 4.69) is 27.2 Å². The molecule has 0 aliphatic rings. The van der Waals surface area contributed by atoms with Crippen molar-refractivity contribution in [2.75, 3.05) is 7.11 Å². The molecule has 1 rings (SSSR count). The first-order valence-corrected chi connectivity index (χ1v) is 5.24. The second kappa shape index (κ2) is 4.58.